The minimum atomic E-state index is 0.160. The van der Waals surface area contributed by atoms with Crippen LogP contribution in [0.15, 0.2) is 30.5 Å². The summed E-state index contributed by atoms with van der Waals surface area (Å²) in [6.07, 6.45) is 0. The zero-order valence-corrected chi connectivity index (χ0v) is 9.55. The molecule has 0 fully saturated rings. The molecule has 0 aromatic heterocycles. The summed E-state index contributed by atoms with van der Waals surface area (Å²) in [6, 6.07) is 6.29. The molecule has 0 radical (unpaired) electrons. The summed E-state index contributed by atoms with van der Waals surface area (Å²) in [5.74, 6) is 0.926. The van der Waals surface area contributed by atoms with Crippen LogP contribution in [0.1, 0.15) is 26.3 Å². The van der Waals surface area contributed by atoms with Gasteiger partial charge in [-0.15, -0.1) is 0 Å². The van der Waals surface area contributed by atoms with E-state index in [1.807, 2.05) is 0 Å². The maximum Gasteiger partial charge on any atom is 0.143 e. The molecular formula is C13H17NO. The highest BCUT2D eigenvalue weighted by Gasteiger charge is 2.18. The number of rotatable bonds is 0. The van der Waals surface area contributed by atoms with Gasteiger partial charge in [0.25, 0.3) is 0 Å². The third kappa shape index (κ3) is 1.99. The van der Waals surface area contributed by atoms with E-state index in [-0.39, 0.29) is 5.41 Å². The van der Waals surface area contributed by atoms with E-state index < -0.39 is 0 Å². The average Bonchev–Trinajstić information content (AvgIpc) is 2.15. The quantitative estimate of drug-likeness (QED) is 0.698. The minimum Gasteiger partial charge on any atom is -0.485 e. The van der Waals surface area contributed by atoms with Crippen LogP contribution in [0, 0.1) is 0 Å². The molecule has 0 saturated heterocycles. The van der Waals surface area contributed by atoms with Crippen LogP contribution < -0.4 is 10.1 Å². The standard InChI is InChI=1S/C13H17NO/c1-9-8-15-12-7-10(13(2,3)4)5-6-11(12)14-9/h5-7,14H,1,8H2,2-4H3. The first-order chi connectivity index (χ1) is 6.97. The normalized spacial score (nSPS) is 15.3. The number of fused-ring (bicyclic) bond motifs is 1. The molecule has 0 saturated carbocycles. The number of hydrogen-bond acceptors (Lipinski definition) is 2. The molecule has 0 amide bonds. The molecule has 1 aromatic rings. The summed E-state index contributed by atoms with van der Waals surface area (Å²) in [6.45, 7) is 11.0. The van der Waals surface area contributed by atoms with Gasteiger partial charge in [-0.25, -0.2) is 0 Å². The van der Waals surface area contributed by atoms with Gasteiger partial charge in [0.1, 0.15) is 12.4 Å². The van der Waals surface area contributed by atoms with Gasteiger partial charge in [-0.05, 0) is 23.1 Å². The number of nitrogens with one attached hydrogen (secondary N) is 1. The van der Waals surface area contributed by atoms with Gasteiger partial charge >= 0.3 is 0 Å². The van der Waals surface area contributed by atoms with Gasteiger partial charge in [-0.2, -0.15) is 0 Å². The molecule has 2 rings (SSSR count). The van der Waals surface area contributed by atoms with Gasteiger partial charge < -0.3 is 10.1 Å². The Balaban J connectivity index is 2.39. The summed E-state index contributed by atoms with van der Waals surface area (Å²) in [7, 11) is 0. The van der Waals surface area contributed by atoms with E-state index in [1.54, 1.807) is 0 Å². The van der Waals surface area contributed by atoms with Crippen molar-refractivity contribution in [2.24, 2.45) is 0 Å². The number of anilines is 1. The second-order valence-electron chi connectivity index (χ2n) is 4.98. The van der Waals surface area contributed by atoms with Gasteiger partial charge in [0.2, 0.25) is 0 Å². The van der Waals surface area contributed by atoms with Crippen LogP contribution in [0.2, 0.25) is 0 Å². The molecule has 1 N–H and O–H groups in total. The topological polar surface area (TPSA) is 21.3 Å². The second kappa shape index (κ2) is 3.30. The lowest BCUT2D eigenvalue weighted by Gasteiger charge is -2.25. The van der Waals surface area contributed by atoms with Crippen molar-refractivity contribution in [3.8, 4) is 5.75 Å². The first-order valence-electron chi connectivity index (χ1n) is 5.19. The van der Waals surface area contributed by atoms with Crippen molar-refractivity contribution in [1.82, 2.24) is 0 Å². The zero-order valence-electron chi connectivity index (χ0n) is 9.55. The fourth-order valence-corrected chi connectivity index (χ4v) is 1.60. The summed E-state index contributed by atoms with van der Waals surface area (Å²) in [5.41, 5.74) is 3.37. The van der Waals surface area contributed by atoms with E-state index in [0.717, 1.165) is 17.1 Å². The van der Waals surface area contributed by atoms with Crippen molar-refractivity contribution in [3.05, 3.63) is 36.0 Å². The van der Waals surface area contributed by atoms with Crippen LogP contribution in [-0.2, 0) is 5.41 Å². The lowest BCUT2D eigenvalue weighted by molar-refractivity contribution is 0.345. The Labute approximate surface area is 91.0 Å². The van der Waals surface area contributed by atoms with Crippen LogP contribution in [0.25, 0.3) is 0 Å². The van der Waals surface area contributed by atoms with Crippen LogP contribution >= 0.6 is 0 Å². The van der Waals surface area contributed by atoms with Crippen molar-refractivity contribution in [2.75, 3.05) is 11.9 Å². The van der Waals surface area contributed by atoms with Gasteiger partial charge in [-0.3, -0.25) is 0 Å². The van der Waals surface area contributed by atoms with Gasteiger partial charge in [0, 0.05) is 5.70 Å². The molecule has 1 heterocycles. The molecule has 1 aliphatic rings. The summed E-state index contributed by atoms with van der Waals surface area (Å²) < 4.78 is 5.61. The van der Waals surface area contributed by atoms with Crippen LogP contribution in [0.3, 0.4) is 0 Å². The molecule has 0 aliphatic carbocycles. The van der Waals surface area contributed by atoms with E-state index in [1.165, 1.54) is 5.56 Å². The predicted octanol–water partition coefficient (Wildman–Crippen LogP) is 3.30. The van der Waals surface area contributed by atoms with Crippen LogP contribution in [-0.4, -0.2) is 6.61 Å². The number of benzene rings is 1. The highest BCUT2D eigenvalue weighted by Crippen LogP contribution is 2.34. The second-order valence-corrected chi connectivity index (χ2v) is 4.98. The van der Waals surface area contributed by atoms with E-state index in [0.29, 0.717) is 6.61 Å². The third-order valence-corrected chi connectivity index (χ3v) is 2.56. The lowest BCUT2D eigenvalue weighted by Crippen LogP contribution is -2.17. The third-order valence-electron chi connectivity index (χ3n) is 2.56. The molecule has 1 aromatic carbocycles. The first-order valence-corrected chi connectivity index (χ1v) is 5.19. The highest BCUT2D eigenvalue weighted by atomic mass is 16.5. The highest BCUT2D eigenvalue weighted by molar-refractivity contribution is 5.62. The predicted molar refractivity (Wildman–Crippen MR) is 63.4 cm³/mol. The van der Waals surface area contributed by atoms with Crippen molar-refractivity contribution in [3.63, 3.8) is 0 Å². The van der Waals surface area contributed by atoms with Crippen molar-refractivity contribution >= 4 is 5.69 Å². The van der Waals surface area contributed by atoms with E-state index in [4.69, 9.17) is 4.74 Å². The molecular weight excluding hydrogens is 186 g/mol. The molecule has 80 valence electrons. The number of hydrogen-bond donors (Lipinski definition) is 1. The fourth-order valence-electron chi connectivity index (χ4n) is 1.60. The maximum absolute atomic E-state index is 5.61. The molecule has 15 heavy (non-hydrogen) atoms. The van der Waals surface area contributed by atoms with Crippen molar-refractivity contribution in [1.29, 1.82) is 0 Å². The van der Waals surface area contributed by atoms with Crippen LogP contribution in [0.4, 0.5) is 5.69 Å². The Bertz CT molecular complexity index is 401. The Kier molecular flexibility index (Phi) is 2.22. The van der Waals surface area contributed by atoms with E-state index >= 15 is 0 Å². The molecule has 0 unspecified atom stereocenters. The SMILES string of the molecule is C=C1COc2cc(C(C)(C)C)ccc2N1. The molecule has 0 bridgehead atoms. The van der Waals surface area contributed by atoms with E-state index in [9.17, 15) is 0 Å². The summed E-state index contributed by atoms with van der Waals surface area (Å²) >= 11 is 0. The molecule has 1 aliphatic heterocycles. The first kappa shape index (κ1) is 10.1. The minimum absolute atomic E-state index is 0.160. The fraction of sp³-hybridized carbons (Fsp3) is 0.385. The monoisotopic (exact) mass is 203 g/mol. The van der Waals surface area contributed by atoms with Crippen molar-refractivity contribution in [2.45, 2.75) is 26.2 Å². The van der Waals surface area contributed by atoms with Gasteiger partial charge in [0.05, 0.1) is 5.69 Å². The largest absolute Gasteiger partial charge is 0.485 e. The Morgan fingerprint density at radius 1 is 1.33 bits per heavy atom. The maximum atomic E-state index is 5.61. The smallest absolute Gasteiger partial charge is 0.143 e. The lowest BCUT2D eigenvalue weighted by atomic mass is 9.87. The van der Waals surface area contributed by atoms with E-state index in [2.05, 4.69) is 50.9 Å². The van der Waals surface area contributed by atoms with Gasteiger partial charge in [0.15, 0.2) is 0 Å². The summed E-state index contributed by atoms with van der Waals surface area (Å²) in [5, 5.41) is 3.22. The Morgan fingerprint density at radius 3 is 2.73 bits per heavy atom. The Hall–Kier alpha value is -1.44. The molecule has 0 atom stereocenters. The Morgan fingerprint density at radius 2 is 2.07 bits per heavy atom. The van der Waals surface area contributed by atoms with Gasteiger partial charge in [-0.1, -0.05) is 33.4 Å². The van der Waals surface area contributed by atoms with Crippen molar-refractivity contribution < 1.29 is 4.74 Å². The van der Waals surface area contributed by atoms with Crippen LogP contribution in [0.5, 0.6) is 5.75 Å². The zero-order chi connectivity index (χ0) is 11.1. The average molecular weight is 203 g/mol. The molecule has 0 spiro atoms. The summed E-state index contributed by atoms with van der Waals surface area (Å²) in [4.78, 5) is 0. The molecule has 2 nitrogen and oxygen atoms in total. The number of ether oxygens (including phenoxy) is 1. The molecule has 2 heteroatoms.